The Hall–Kier alpha value is -0.570. The molecule has 0 bridgehead atoms. The van der Waals surface area contributed by atoms with E-state index < -0.39 is 0 Å². The molecular weight excluding hydrogens is 166 g/mol. The van der Waals surface area contributed by atoms with Crippen molar-refractivity contribution in [1.29, 1.82) is 0 Å². The van der Waals surface area contributed by atoms with E-state index in [-0.39, 0.29) is 0 Å². The monoisotopic (exact) mass is 189 g/mol. The lowest BCUT2D eigenvalue weighted by molar-refractivity contribution is -0.109. The normalized spacial score (nSPS) is 8.54. The maximum absolute atomic E-state index is 9.06. The summed E-state index contributed by atoms with van der Waals surface area (Å²) in [6, 6.07) is 0. The molecular formula is C10H23NO2. The van der Waals surface area contributed by atoms with Crippen LogP contribution in [-0.4, -0.2) is 25.2 Å². The van der Waals surface area contributed by atoms with Gasteiger partial charge >= 0.3 is 0 Å². The van der Waals surface area contributed by atoms with Crippen LogP contribution in [0.2, 0.25) is 0 Å². The van der Waals surface area contributed by atoms with Gasteiger partial charge in [0.25, 0.3) is 0 Å². The smallest absolute Gasteiger partial charge is 0.206 e. The Bertz CT molecular complexity index is 81.0. The van der Waals surface area contributed by atoms with Crippen molar-refractivity contribution in [1.82, 2.24) is 5.32 Å². The third-order valence-corrected chi connectivity index (χ3v) is 1.63. The number of amides is 1. The second kappa shape index (κ2) is 17.5. The molecule has 80 valence electrons. The van der Waals surface area contributed by atoms with Crippen LogP contribution in [0.3, 0.4) is 0 Å². The van der Waals surface area contributed by atoms with Crippen LogP contribution in [-0.2, 0) is 4.79 Å². The minimum absolute atomic E-state index is 0.367. The van der Waals surface area contributed by atoms with Crippen LogP contribution in [0.25, 0.3) is 0 Å². The summed E-state index contributed by atoms with van der Waals surface area (Å²) in [6.45, 7) is 2.58. The molecule has 2 N–H and O–H groups in total. The summed E-state index contributed by atoms with van der Waals surface area (Å²) in [5.74, 6) is 0. The summed E-state index contributed by atoms with van der Waals surface area (Å²) < 4.78 is 0. The van der Waals surface area contributed by atoms with Gasteiger partial charge < -0.3 is 10.4 Å². The van der Waals surface area contributed by atoms with E-state index >= 15 is 0 Å². The van der Waals surface area contributed by atoms with Crippen molar-refractivity contribution in [3.63, 3.8) is 0 Å². The molecule has 0 saturated heterocycles. The first-order valence-electron chi connectivity index (χ1n) is 5.05. The molecule has 0 aliphatic rings. The second-order valence-corrected chi connectivity index (χ2v) is 2.90. The quantitative estimate of drug-likeness (QED) is 0.473. The second-order valence-electron chi connectivity index (χ2n) is 2.90. The minimum Gasteiger partial charge on any atom is -0.396 e. The molecule has 0 atom stereocenters. The molecule has 3 heteroatoms. The maximum atomic E-state index is 9.06. The average molecular weight is 189 g/mol. The molecule has 0 aliphatic carbocycles. The number of unbranched alkanes of at least 4 members (excludes halogenated alkanes) is 5. The Labute approximate surface area is 81.5 Å². The van der Waals surface area contributed by atoms with Gasteiger partial charge in [0.1, 0.15) is 0 Å². The number of nitrogens with one attached hydrogen (secondary N) is 1. The van der Waals surface area contributed by atoms with Gasteiger partial charge in [0, 0.05) is 13.7 Å². The fourth-order valence-corrected chi connectivity index (χ4v) is 0.892. The molecule has 0 rings (SSSR count). The third-order valence-electron chi connectivity index (χ3n) is 1.63. The Morgan fingerprint density at radius 1 is 1.15 bits per heavy atom. The largest absolute Gasteiger partial charge is 0.396 e. The van der Waals surface area contributed by atoms with Gasteiger partial charge in [-0.15, -0.1) is 0 Å². The van der Waals surface area contributed by atoms with E-state index in [1.807, 2.05) is 0 Å². The molecule has 0 aromatic carbocycles. The SMILES string of the molecule is CCCCCCCCO.CNC=O. The van der Waals surface area contributed by atoms with E-state index in [4.69, 9.17) is 9.90 Å². The van der Waals surface area contributed by atoms with Crippen LogP contribution in [0.5, 0.6) is 0 Å². The van der Waals surface area contributed by atoms with Crippen molar-refractivity contribution in [3.8, 4) is 0 Å². The molecule has 0 aromatic rings. The Morgan fingerprint density at radius 3 is 2.00 bits per heavy atom. The third kappa shape index (κ3) is 24.6. The van der Waals surface area contributed by atoms with Crippen LogP contribution in [0, 0.1) is 0 Å². The number of carbonyl (C=O) groups is 1. The summed E-state index contributed by atoms with van der Waals surface area (Å²) in [6.07, 6.45) is 8.12. The van der Waals surface area contributed by atoms with Crippen LogP contribution >= 0.6 is 0 Å². The highest BCUT2D eigenvalue weighted by Crippen LogP contribution is 2.03. The van der Waals surface area contributed by atoms with Crippen molar-refractivity contribution in [3.05, 3.63) is 0 Å². The van der Waals surface area contributed by atoms with Crippen LogP contribution < -0.4 is 5.32 Å². The van der Waals surface area contributed by atoms with Crippen molar-refractivity contribution in [2.45, 2.75) is 45.4 Å². The maximum Gasteiger partial charge on any atom is 0.206 e. The van der Waals surface area contributed by atoms with Crippen molar-refractivity contribution < 1.29 is 9.90 Å². The Kier molecular flexibility index (Phi) is 20.1. The van der Waals surface area contributed by atoms with E-state index in [0.29, 0.717) is 13.0 Å². The lowest BCUT2D eigenvalue weighted by atomic mass is 10.1. The van der Waals surface area contributed by atoms with Gasteiger partial charge in [0.2, 0.25) is 6.41 Å². The number of rotatable bonds is 7. The van der Waals surface area contributed by atoms with E-state index in [0.717, 1.165) is 6.42 Å². The zero-order valence-corrected chi connectivity index (χ0v) is 8.88. The predicted molar refractivity (Wildman–Crippen MR) is 55.6 cm³/mol. The van der Waals surface area contributed by atoms with Gasteiger partial charge in [0.05, 0.1) is 0 Å². The van der Waals surface area contributed by atoms with Crippen molar-refractivity contribution >= 4 is 6.41 Å². The van der Waals surface area contributed by atoms with Crippen molar-refractivity contribution in [2.24, 2.45) is 0 Å². The summed E-state index contributed by atoms with van der Waals surface area (Å²) in [5, 5.41) is 10.7. The number of carbonyl (C=O) groups excluding carboxylic acids is 1. The highest BCUT2D eigenvalue weighted by molar-refractivity contribution is 5.44. The van der Waals surface area contributed by atoms with Gasteiger partial charge in [-0.3, -0.25) is 4.79 Å². The standard InChI is InChI=1S/C8H18O.C2H5NO/c1-2-3-4-5-6-7-8-9;1-3-2-4/h9H,2-8H2,1H3;2H,1H3,(H,3,4). The first-order chi connectivity index (χ1) is 6.33. The molecule has 0 aliphatic heterocycles. The zero-order chi connectivity index (χ0) is 10.4. The molecule has 0 radical (unpaired) electrons. The lowest BCUT2D eigenvalue weighted by Gasteiger charge is -1.95. The van der Waals surface area contributed by atoms with Gasteiger partial charge in [-0.25, -0.2) is 0 Å². The van der Waals surface area contributed by atoms with E-state index in [1.165, 1.54) is 32.1 Å². The summed E-state index contributed by atoms with van der Waals surface area (Å²) in [4.78, 5) is 9.06. The van der Waals surface area contributed by atoms with E-state index in [9.17, 15) is 0 Å². The Balaban J connectivity index is 0. The minimum atomic E-state index is 0.367. The van der Waals surface area contributed by atoms with Crippen molar-refractivity contribution in [2.75, 3.05) is 13.7 Å². The number of aliphatic hydroxyl groups excluding tert-OH is 1. The predicted octanol–water partition coefficient (Wildman–Crippen LogP) is 1.70. The first-order valence-corrected chi connectivity index (χ1v) is 5.05. The summed E-state index contributed by atoms with van der Waals surface area (Å²) >= 11 is 0. The number of hydrogen-bond acceptors (Lipinski definition) is 2. The van der Waals surface area contributed by atoms with Gasteiger partial charge in [-0.05, 0) is 6.42 Å². The fourth-order valence-electron chi connectivity index (χ4n) is 0.892. The summed E-state index contributed by atoms with van der Waals surface area (Å²) in [7, 11) is 1.56. The summed E-state index contributed by atoms with van der Waals surface area (Å²) in [5.41, 5.74) is 0. The number of hydrogen-bond donors (Lipinski definition) is 2. The molecule has 1 amide bonds. The zero-order valence-electron chi connectivity index (χ0n) is 8.88. The molecule has 3 nitrogen and oxygen atoms in total. The molecule has 0 saturated carbocycles. The van der Waals surface area contributed by atoms with Crippen LogP contribution in [0.15, 0.2) is 0 Å². The lowest BCUT2D eigenvalue weighted by Crippen LogP contribution is -1.98. The molecule has 13 heavy (non-hydrogen) atoms. The molecule has 0 fully saturated rings. The molecule has 0 aromatic heterocycles. The molecule has 0 spiro atoms. The topological polar surface area (TPSA) is 49.3 Å². The van der Waals surface area contributed by atoms with E-state index in [1.54, 1.807) is 7.05 Å². The highest BCUT2D eigenvalue weighted by Gasteiger charge is 1.86. The Morgan fingerprint density at radius 2 is 1.62 bits per heavy atom. The fraction of sp³-hybridized carbons (Fsp3) is 0.900. The molecule has 0 unspecified atom stereocenters. The van der Waals surface area contributed by atoms with Gasteiger partial charge in [-0.1, -0.05) is 39.0 Å². The van der Waals surface area contributed by atoms with Crippen LogP contribution in [0.4, 0.5) is 0 Å². The number of aliphatic hydroxyl groups is 1. The highest BCUT2D eigenvalue weighted by atomic mass is 16.2. The van der Waals surface area contributed by atoms with E-state index in [2.05, 4.69) is 12.2 Å². The average Bonchev–Trinajstić information content (AvgIpc) is 2.18. The van der Waals surface area contributed by atoms with Gasteiger partial charge in [-0.2, -0.15) is 0 Å². The molecule has 0 heterocycles. The first kappa shape index (κ1) is 14.9. The van der Waals surface area contributed by atoms with Crippen LogP contribution in [0.1, 0.15) is 45.4 Å². The van der Waals surface area contributed by atoms with Gasteiger partial charge in [0.15, 0.2) is 0 Å².